The van der Waals surface area contributed by atoms with Crippen molar-refractivity contribution in [1.82, 2.24) is 10.3 Å². The Balaban J connectivity index is 1.66. The van der Waals surface area contributed by atoms with Crippen LogP contribution in [0.5, 0.6) is 0 Å². The van der Waals surface area contributed by atoms with Crippen LogP contribution in [-0.2, 0) is 16.0 Å². The summed E-state index contributed by atoms with van der Waals surface area (Å²) < 4.78 is 1.04. The lowest BCUT2D eigenvalue weighted by atomic mass is 10.0. The first-order valence-electron chi connectivity index (χ1n) is 8.67. The van der Waals surface area contributed by atoms with E-state index in [-0.39, 0.29) is 37.5 Å². The van der Waals surface area contributed by atoms with Crippen LogP contribution < -0.4 is 5.32 Å². The number of carbonyl (C=O) groups is 2. The Morgan fingerprint density at radius 1 is 1.11 bits per heavy atom. The van der Waals surface area contributed by atoms with E-state index >= 15 is 0 Å². The maximum Gasteiger partial charge on any atom is 0.221 e. The van der Waals surface area contributed by atoms with Gasteiger partial charge in [-0.2, -0.15) is 5.26 Å². The zero-order valence-electron chi connectivity index (χ0n) is 15.0. The molecule has 1 heterocycles. The molecule has 27 heavy (non-hydrogen) atoms. The second kappa shape index (κ2) is 8.56. The largest absolute Gasteiger partial charge is 0.343 e. The third kappa shape index (κ3) is 4.99. The standard InChI is InChI=1S/C21H19N3O2S/c1-14-2-4-15(5-3-14)16-6-8-18-19(12-16)27-21(24-18)13-17(25)7-9-20(26)23-11-10-22/h2-6,8,12H,7,9,11,13H2,1H3,(H,23,26). The number of fused-ring (bicyclic) bond motifs is 1. The van der Waals surface area contributed by atoms with Crippen molar-refractivity contribution in [3.8, 4) is 17.2 Å². The number of benzene rings is 2. The summed E-state index contributed by atoms with van der Waals surface area (Å²) in [5, 5.41) is 11.6. The molecule has 0 saturated carbocycles. The van der Waals surface area contributed by atoms with Gasteiger partial charge >= 0.3 is 0 Å². The predicted molar refractivity (Wildman–Crippen MR) is 106 cm³/mol. The van der Waals surface area contributed by atoms with Crippen LogP contribution in [0.3, 0.4) is 0 Å². The van der Waals surface area contributed by atoms with E-state index in [1.54, 1.807) is 0 Å². The van der Waals surface area contributed by atoms with Gasteiger partial charge in [-0.05, 0) is 30.2 Å². The Morgan fingerprint density at radius 3 is 2.59 bits per heavy atom. The van der Waals surface area contributed by atoms with Crippen molar-refractivity contribution in [3.05, 3.63) is 53.0 Å². The van der Waals surface area contributed by atoms with Gasteiger partial charge in [-0.25, -0.2) is 4.98 Å². The monoisotopic (exact) mass is 377 g/mol. The molecule has 0 aliphatic carbocycles. The number of Topliss-reactive ketones (excluding diaryl/α,β-unsaturated/α-hetero) is 1. The maximum atomic E-state index is 12.1. The zero-order valence-corrected chi connectivity index (χ0v) is 15.8. The molecule has 1 N–H and O–H groups in total. The highest BCUT2D eigenvalue weighted by atomic mass is 32.1. The number of aryl methyl sites for hydroxylation is 1. The van der Waals surface area contributed by atoms with E-state index < -0.39 is 0 Å². The summed E-state index contributed by atoms with van der Waals surface area (Å²) in [6, 6.07) is 16.3. The van der Waals surface area contributed by atoms with Gasteiger partial charge in [-0.1, -0.05) is 35.9 Å². The lowest BCUT2D eigenvalue weighted by Gasteiger charge is -2.01. The summed E-state index contributed by atoms with van der Waals surface area (Å²) in [4.78, 5) is 28.1. The van der Waals surface area contributed by atoms with Gasteiger partial charge in [-0.3, -0.25) is 9.59 Å². The Bertz CT molecular complexity index is 1020. The number of ketones is 1. The Labute approximate surface area is 161 Å². The van der Waals surface area contributed by atoms with E-state index in [1.165, 1.54) is 16.9 Å². The van der Waals surface area contributed by atoms with Gasteiger partial charge < -0.3 is 5.32 Å². The first-order chi connectivity index (χ1) is 13.0. The summed E-state index contributed by atoms with van der Waals surface area (Å²) in [7, 11) is 0. The third-order valence-corrected chi connectivity index (χ3v) is 5.18. The molecule has 6 heteroatoms. The maximum absolute atomic E-state index is 12.1. The molecular weight excluding hydrogens is 358 g/mol. The van der Waals surface area contributed by atoms with Crippen molar-refractivity contribution in [2.45, 2.75) is 26.2 Å². The van der Waals surface area contributed by atoms with E-state index in [1.807, 2.05) is 18.2 Å². The summed E-state index contributed by atoms with van der Waals surface area (Å²) >= 11 is 1.51. The van der Waals surface area contributed by atoms with Crippen molar-refractivity contribution >= 4 is 33.2 Å². The van der Waals surface area contributed by atoms with Crippen LogP contribution in [0.15, 0.2) is 42.5 Å². The molecule has 5 nitrogen and oxygen atoms in total. The van der Waals surface area contributed by atoms with Crippen molar-refractivity contribution in [2.75, 3.05) is 6.54 Å². The minimum absolute atomic E-state index is 0.0279. The highest BCUT2D eigenvalue weighted by Crippen LogP contribution is 2.29. The normalized spacial score (nSPS) is 10.5. The van der Waals surface area contributed by atoms with Crippen LogP contribution in [0.4, 0.5) is 0 Å². The number of nitrogens with zero attached hydrogens (tertiary/aromatic N) is 2. The van der Waals surface area contributed by atoms with Crippen LogP contribution in [0.2, 0.25) is 0 Å². The highest BCUT2D eigenvalue weighted by Gasteiger charge is 2.12. The minimum atomic E-state index is -0.281. The Kier molecular flexibility index (Phi) is 5.94. The van der Waals surface area contributed by atoms with Crippen molar-refractivity contribution < 1.29 is 9.59 Å². The van der Waals surface area contributed by atoms with E-state index in [4.69, 9.17) is 5.26 Å². The molecule has 0 saturated heterocycles. The zero-order chi connectivity index (χ0) is 19.2. The third-order valence-electron chi connectivity index (χ3n) is 4.16. The number of nitrogens with one attached hydrogen (secondary N) is 1. The predicted octanol–water partition coefficient (Wildman–Crippen LogP) is 3.80. The second-order valence-corrected chi connectivity index (χ2v) is 7.42. The molecule has 0 spiro atoms. The molecule has 2 aromatic carbocycles. The highest BCUT2D eigenvalue weighted by molar-refractivity contribution is 7.18. The van der Waals surface area contributed by atoms with Gasteiger partial charge in [0.05, 0.1) is 22.7 Å². The van der Waals surface area contributed by atoms with Crippen molar-refractivity contribution in [2.24, 2.45) is 0 Å². The van der Waals surface area contributed by atoms with E-state index in [2.05, 4.69) is 47.6 Å². The molecule has 0 aliphatic rings. The number of thiazole rings is 1. The number of carbonyl (C=O) groups excluding carboxylic acids is 2. The second-order valence-electron chi connectivity index (χ2n) is 6.31. The molecular formula is C21H19N3O2S. The summed E-state index contributed by atoms with van der Waals surface area (Å²) in [5.74, 6) is -0.308. The van der Waals surface area contributed by atoms with Gasteiger partial charge in [0, 0.05) is 12.8 Å². The lowest BCUT2D eigenvalue weighted by Crippen LogP contribution is -2.24. The summed E-state index contributed by atoms with van der Waals surface area (Å²) in [5.41, 5.74) is 4.38. The van der Waals surface area contributed by atoms with Crippen LogP contribution in [-0.4, -0.2) is 23.2 Å². The number of nitriles is 1. The van der Waals surface area contributed by atoms with E-state index in [9.17, 15) is 9.59 Å². The molecule has 3 aromatic rings. The summed E-state index contributed by atoms with van der Waals surface area (Å²) in [6.07, 6.45) is 0.482. The minimum Gasteiger partial charge on any atom is -0.343 e. The van der Waals surface area contributed by atoms with E-state index in [0.29, 0.717) is 0 Å². The van der Waals surface area contributed by atoms with Gasteiger partial charge in [0.25, 0.3) is 0 Å². The van der Waals surface area contributed by atoms with Gasteiger partial charge in [0.1, 0.15) is 17.3 Å². The smallest absolute Gasteiger partial charge is 0.221 e. The van der Waals surface area contributed by atoms with Crippen LogP contribution >= 0.6 is 11.3 Å². The quantitative estimate of drug-likeness (QED) is 0.635. The molecule has 0 atom stereocenters. The molecule has 136 valence electrons. The topological polar surface area (TPSA) is 82.8 Å². The first kappa shape index (κ1) is 18.7. The summed E-state index contributed by atoms with van der Waals surface area (Å²) in [6.45, 7) is 2.03. The average Bonchev–Trinajstić information content (AvgIpc) is 3.06. The molecule has 1 amide bonds. The molecule has 0 bridgehead atoms. The number of aromatic nitrogens is 1. The fraction of sp³-hybridized carbons (Fsp3) is 0.238. The van der Waals surface area contributed by atoms with Gasteiger partial charge in [0.15, 0.2) is 0 Å². The van der Waals surface area contributed by atoms with Crippen molar-refractivity contribution in [1.29, 1.82) is 5.26 Å². The number of rotatable bonds is 7. The Morgan fingerprint density at radius 2 is 1.85 bits per heavy atom. The van der Waals surface area contributed by atoms with Crippen LogP contribution in [0.25, 0.3) is 21.3 Å². The van der Waals surface area contributed by atoms with Crippen LogP contribution in [0, 0.1) is 18.3 Å². The molecule has 0 radical (unpaired) electrons. The Hall–Kier alpha value is -3.04. The van der Waals surface area contributed by atoms with Gasteiger partial charge in [-0.15, -0.1) is 11.3 Å². The number of hydrogen-bond donors (Lipinski definition) is 1. The van der Waals surface area contributed by atoms with Crippen molar-refractivity contribution in [3.63, 3.8) is 0 Å². The average molecular weight is 377 g/mol. The molecule has 1 aromatic heterocycles. The van der Waals surface area contributed by atoms with Gasteiger partial charge in [0.2, 0.25) is 5.91 Å². The molecule has 0 fully saturated rings. The van der Waals surface area contributed by atoms with Crippen LogP contribution in [0.1, 0.15) is 23.4 Å². The lowest BCUT2D eigenvalue weighted by molar-refractivity contribution is -0.125. The first-order valence-corrected chi connectivity index (χ1v) is 9.48. The fourth-order valence-electron chi connectivity index (χ4n) is 2.71. The molecule has 0 aliphatic heterocycles. The number of hydrogen-bond acceptors (Lipinski definition) is 5. The molecule has 0 unspecified atom stereocenters. The fourth-order valence-corrected chi connectivity index (χ4v) is 3.75. The molecule has 3 rings (SSSR count). The SMILES string of the molecule is Cc1ccc(-c2ccc3nc(CC(=O)CCC(=O)NCC#N)sc3c2)cc1. The van der Waals surface area contributed by atoms with E-state index in [0.717, 1.165) is 26.4 Å². The number of amides is 1.